The van der Waals surface area contributed by atoms with Crippen molar-refractivity contribution in [3.8, 4) is 0 Å². The zero-order chi connectivity index (χ0) is 8.65. The number of hydrogen-bond donors (Lipinski definition) is 2. The monoisotopic (exact) mass is 155 g/mol. The first kappa shape index (κ1) is 8.40. The number of nitrogens with one attached hydrogen (secondary N) is 1. The van der Waals surface area contributed by atoms with Crippen LogP contribution in [0.4, 0.5) is 0 Å². The van der Waals surface area contributed by atoms with Crippen molar-refractivity contribution in [2.24, 2.45) is 5.73 Å². The predicted octanol–water partition coefficient (Wildman–Crippen LogP) is 0.794. The van der Waals surface area contributed by atoms with E-state index in [1.165, 1.54) is 0 Å². The number of nitrogens with zero attached hydrogens (tertiary/aromatic N) is 1. The molecule has 0 saturated carbocycles. The molecule has 0 aromatic carbocycles. The normalized spacial score (nSPS) is 25.6. The van der Waals surface area contributed by atoms with Crippen LogP contribution in [0.2, 0.25) is 0 Å². The third kappa shape index (κ3) is 1.66. The van der Waals surface area contributed by atoms with Gasteiger partial charge >= 0.3 is 0 Å². The van der Waals surface area contributed by atoms with Crippen molar-refractivity contribution in [3.05, 3.63) is 11.9 Å². The minimum absolute atomic E-state index is 0.0609. The Bertz CT molecular complexity index is 178. The summed E-state index contributed by atoms with van der Waals surface area (Å²) in [7, 11) is 0. The molecule has 0 saturated heterocycles. The lowest BCUT2D eigenvalue weighted by molar-refractivity contribution is 0.126. The molecule has 1 atom stereocenters. The average molecular weight is 155 g/mol. The van der Waals surface area contributed by atoms with Crippen LogP contribution < -0.4 is 11.2 Å². The van der Waals surface area contributed by atoms with Crippen LogP contribution in [0.3, 0.4) is 0 Å². The smallest absolute Gasteiger partial charge is 0.111 e. The molecule has 0 radical (unpaired) electrons. The summed E-state index contributed by atoms with van der Waals surface area (Å²) < 4.78 is 0. The Balaban J connectivity index is 2.72. The maximum atomic E-state index is 5.78. The average Bonchev–Trinajstić information content (AvgIpc) is 2.08. The van der Waals surface area contributed by atoms with E-state index >= 15 is 0 Å². The lowest BCUT2D eigenvalue weighted by atomic mass is 10.1. The molecule has 0 aromatic rings. The number of rotatable bonds is 0. The van der Waals surface area contributed by atoms with Crippen LogP contribution in [0, 0.1) is 0 Å². The summed E-state index contributed by atoms with van der Waals surface area (Å²) in [5.74, 6) is 0.824. The highest BCUT2D eigenvalue weighted by Crippen LogP contribution is 2.18. The van der Waals surface area contributed by atoms with Crippen molar-refractivity contribution in [1.29, 1.82) is 0 Å². The van der Waals surface area contributed by atoms with E-state index in [0.717, 1.165) is 5.82 Å². The Labute approximate surface area is 68.2 Å². The molecule has 0 spiro atoms. The Hall–Kier alpha value is -0.700. The first-order chi connectivity index (χ1) is 4.91. The lowest BCUT2D eigenvalue weighted by Gasteiger charge is -2.34. The molecule has 1 heterocycles. The molecule has 1 aliphatic heterocycles. The summed E-state index contributed by atoms with van der Waals surface area (Å²) in [4.78, 5) is 0. The summed E-state index contributed by atoms with van der Waals surface area (Å²) >= 11 is 0. The molecule has 1 aliphatic rings. The summed E-state index contributed by atoms with van der Waals surface area (Å²) in [5.41, 5.74) is 9.10. The Morgan fingerprint density at radius 1 is 1.55 bits per heavy atom. The molecule has 11 heavy (non-hydrogen) atoms. The van der Waals surface area contributed by atoms with E-state index in [-0.39, 0.29) is 5.54 Å². The van der Waals surface area contributed by atoms with Crippen molar-refractivity contribution in [2.45, 2.75) is 39.3 Å². The largest absolute Gasteiger partial charge is 0.385 e. The second-order valence-corrected chi connectivity index (χ2v) is 4.02. The molecule has 1 unspecified atom stereocenters. The molecule has 64 valence electrons. The van der Waals surface area contributed by atoms with Crippen LogP contribution in [-0.2, 0) is 0 Å². The fraction of sp³-hybridized carbons (Fsp3) is 0.750. The van der Waals surface area contributed by atoms with Gasteiger partial charge < -0.3 is 5.73 Å². The van der Waals surface area contributed by atoms with E-state index in [2.05, 4.69) is 33.1 Å². The first-order valence-corrected chi connectivity index (χ1v) is 3.95. The zero-order valence-electron chi connectivity index (χ0n) is 7.68. The van der Waals surface area contributed by atoms with E-state index in [1.54, 1.807) is 0 Å². The highest BCUT2D eigenvalue weighted by Gasteiger charge is 2.27. The van der Waals surface area contributed by atoms with Gasteiger partial charge in [0, 0.05) is 11.6 Å². The third-order valence-electron chi connectivity index (χ3n) is 1.68. The van der Waals surface area contributed by atoms with Gasteiger partial charge in [0.05, 0.1) is 0 Å². The maximum Gasteiger partial charge on any atom is 0.111 e. The van der Waals surface area contributed by atoms with Gasteiger partial charge in [-0.2, -0.15) is 0 Å². The van der Waals surface area contributed by atoms with Crippen molar-refractivity contribution >= 4 is 0 Å². The quantitative estimate of drug-likeness (QED) is 0.543. The van der Waals surface area contributed by atoms with Gasteiger partial charge in [-0.3, -0.25) is 5.01 Å². The molecule has 0 aromatic heterocycles. The molecular formula is C8H17N3. The van der Waals surface area contributed by atoms with Gasteiger partial charge in [0.1, 0.15) is 5.82 Å². The van der Waals surface area contributed by atoms with Crippen molar-refractivity contribution in [2.75, 3.05) is 0 Å². The van der Waals surface area contributed by atoms with E-state index < -0.39 is 0 Å². The molecule has 1 rings (SSSR count). The van der Waals surface area contributed by atoms with E-state index in [9.17, 15) is 0 Å². The van der Waals surface area contributed by atoms with Crippen LogP contribution in [0.5, 0.6) is 0 Å². The van der Waals surface area contributed by atoms with Crippen LogP contribution in [0.1, 0.15) is 27.7 Å². The Morgan fingerprint density at radius 2 is 2.09 bits per heavy atom. The minimum atomic E-state index is 0.0609. The Morgan fingerprint density at radius 3 is 2.27 bits per heavy atom. The van der Waals surface area contributed by atoms with Gasteiger partial charge in [-0.1, -0.05) is 0 Å². The van der Waals surface area contributed by atoms with E-state index in [4.69, 9.17) is 5.73 Å². The van der Waals surface area contributed by atoms with Gasteiger partial charge in [-0.05, 0) is 33.8 Å². The summed E-state index contributed by atoms with van der Waals surface area (Å²) in [6.45, 7) is 8.45. The van der Waals surface area contributed by atoms with Crippen LogP contribution >= 0.6 is 0 Å². The summed E-state index contributed by atoms with van der Waals surface area (Å²) in [5, 5.41) is 2.00. The van der Waals surface area contributed by atoms with Crippen molar-refractivity contribution in [3.63, 3.8) is 0 Å². The second-order valence-electron chi connectivity index (χ2n) is 4.02. The number of nitrogens with two attached hydrogens (primary N) is 1. The van der Waals surface area contributed by atoms with Gasteiger partial charge in [0.15, 0.2) is 0 Å². The third-order valence-corrected chi connectivity index (χ3v) is 1.68. The summed E-state index contributed by atoms with van der Waals surface area (Å²) in [6, 6.07) is 0.356. The maximum absolute atomic E-state index is 5.78. The standard InChI is InChI=1S/C8H17N3/c1-6-5-7(9)11(10-6)8(2,3)4/h5-6,10H,9H2,1-4H3. The number of hydrogen-bond acceptors (Lipinski definition) is 3. The first-order valence-electron chi connectivity index (χ1n) is 3.95. The molecule has 3 nitrogen and oxygen atoms in total. The molecule has 3 N–H and O–H groups in total. The molecular weight excluding hydrogens is 138 g/mol. The van der Waals surface area contributed by atoms with Gasteiger partial charge in [0.25, 0.3) is 0 Å². The fourth-order valence-electron chi connectivity index (χ4n) is 1.23. The van der Waals surface area contributed by atoms with Crippen LogP contribution in [0.25, 0.3) is 0 Å². The predicted molar refractivity (Wildman–Crippen MR) is 46.5 cm³/mol. The molecule has 0 fully saturated rings. The van der Waals surface area contributed by atoms with Gasteiger partial charge in [-0.15, -0.1) is 0 Å². The molecule has 0 amide bonds. The Kier molecular flexibility index (Phi) is 1.84. The summed E-state index contributed by atoms with van der Waals surface area (Å²) in [6.07, 6.45) is 2.02. The van der Waals surface area contributed by atoms with Crippen molar-refractivity contribution in [1.82, 2.24) is 10.4 Å². The highest BCUT2D eigenvalue weighted by molar-refractivity contribution is 5.09. The van der Waals surface area contributed by atoms with Crippen LogP contribution in [0.15, 0.2) is 11.9 Å². The highest BCUT2D eigenvalue weighted by atomic mass is 15.6. The lowest BCUT2D eigenvalue weighted by Crippen LogP contribution is -2.49. The fourth-order valence-corrected chi connectivity index (χ4v) is 1.23. The minimum Gasteiger partial charge on any atom is -0.385 e. The second kappa shape index (κ2) is 2.41. The van der Waals surface area contributed by atoms with E-state index in [1.807, 2.05) is 11.1 Å². The zero-order valence-corrected chi connectivity index (χ0v) is 7.68. The molecule has 3 heteroatoms. The molecule has 0 aliphatic carbocycles. The van der Waals surface area contributed by atoms with Gasteiger partial charge in [-0.25, -0.2) is 5.43 Å². The van der Waals surface area contributed by atoms with Crippen molar-refractivity contribution < 1.29 is 0 Å². The number of hydrazine groups is 1. The van der Waals surface area contributed by atoms with Crippen LogP contribution in [-0.4, -0.2) is 16.6 Å². The van der Waals surface area contributed by atoms with Gasteiger partial charge in [0.2, 0.25) is 0 Å². The topological polar surface area (TPSA) is 41.3 Å². The SMILES string of the molecule is CC1C=C(N)N(C(C)(C)C)N1. The van der Waals surface area contributed by atoms with E-state index in [0.29, 0.717) is 6.04 Å². The molecule has 0 bridgehead atoms.